The first-order valence-corrected chi connectivity index (χ1v) is 7.65. The van der Waals surface area contributed by atoms with Crippen molar-refractivity contribution in [1.82, 2.24) is 20.6 Å². The van der Waals surface area contributed by atoms with Crippen LogP contribution in [0.4, 0.5) is 0 Å². The molecule has 7 heteroatoms. The molecule has 0 aliphatic rings. The van der Waals surface area contributed by atoms with Gasteiger partial charge in [-0.2, -0.15) is 0 Å². The van der Waals surface area contributed by atoms with Gasteiger partial charge in [-0.15, -0.1) is 11.3 Å². The van der Waals surface area contributed by atoms with Gasteiger partial charge in [-0.25, -0.2) is 9.61 Å². The fourth-order valence-corrected chi connectivity index (χ4v) is 2.75. The maximum atomic E-state index is 11.9. The van der Waals surface area contributed by atoms with Crippen molar-refractivity contribution in [3.05, 3.63) is 52.8 Å². The lowest BCUT2D eigenvalue weighted by atomic mass is 10.2. The maximum Gasteiger partial charge on any atom is 0.226 e. The third-order valence-corrected chi connectivity index (χ3v) is 4.05. The first-order chi connectivity index (χ1) is 10.7. The molecule has 3 aromatic rings. The van der Waals surface area contributed by atoms with Gasteiger partial charge in [0.15, 0.2) is 0 Å². The molecule has 2 heterocycles. The highest BCUT2D eigenvalue weighted by Gasteiger charge is 2.11. The molecule has 22 heavy (non-hydrogen) atoms. The second kappa shape index (κ2) is 6.48. The molecule has 6 nitrogen and oxygen atoms in total. The Morgan fingerprint density at radius 2 is 2.09 bits per heavy atom. The lowest BCUT2D eigenvalue weighted by Gasteiger charge is -2.01. The number of amides is 1. The van der Waals surface area contributed by atoms with Crippen LogP contribution in [0.2, 0.25) is 0 Å². The van der Waals surface area contributed by atoms with Crippen molar-refractivity contribution in [2.24, 2.45) is 0 Å². The van der Waals surface area contributed by atoms with Gasteiger partial charge in [0, 0.05) is 10.9 Å². The number of rotatable bonds is 5. The number of hydrogen-bond acceptors (Lipinski definition) is 6. The number of benzene rings is 1. The molecule has 0 aliphatic carbocycles. The smallest absolute Gasteiger partial charge is 0.226 e. The third kappa shape index (κ3) is 3.37. The minimum atomic E-state index is -0.104. The Bertz CT molecular complexity index is 767. The first kappa shape index (κ1) is 14.4. The van der Waals surface area contributed by atoms with Crippen LogP contribution >= 0.6 is 11.3 Å². The average molecular weight is 314 g/mol. The molecule has 2 aromatic heterocycles. The summed E-state index contributed by atoms with van der Waals surface area (Å²) in [5.74, 6) is -0.104. The van der Waals surface area contributed by atoms with E-state index in [1.165, 1.54) is 11.3 Å². The Morgan fingerprint density at radius 1 is 1.27 bits per heavy atom. The van der Waals surface area contributed by atoms with Crippen LogP contribution in [-0.4, -0.2) is 21.2 Å². The number of thiazole rings is 1. The molecule has 1 aromatic carbocycles. The minimum Gasteiger partial charge on any atom is -0.350 e. The zero-order chi connectivity index (χ0) is 15.4. The van der Waals surface area contributed by atoms with Crippen molar-refractivity contribution in [3.8, 4) is 10.6 Å². The normalized spacial score (nSPS) is 10.6. The molecule has 0 saturated heterocycles. The van der Waals surface area contributed by atoms with E-state index in [0.29, 0.717) is 17.9 Å². The summed E-state index contributed by atoms with van der Waals surface area (Å²) in [7, 11) is 0. The highest BCUT2D eigenvalue weighted by Crippen LogP contribution is 2.23. The molecule has 112 valence electrons. The van der Waals surface area contributed by atoms with E-state index >= 15 is 0 Å². The largest absolute Gasteiger partial charge is 0.350 e. The molecule has 0 spiro atoms. The summed E-state index contributed by atoms with van der Waals surface area (Å²) in [6.45, 7) is 2.09. The number of hydrogen-bond donors (Lipinski definition) is 1. The Hall–Kier alpha value is -2.54. The van der Waals surface area contributed by atoms with Crippen LogP contribution in [0.15, 0.2) is 40.3 Å². The number of nitrogens with zero attached hydrogens (tertiary/aromatic N) is 3. The number of carbonyl (C=O) groups excluding carboxylic acids is 1. The van der Waals surface area contributed by atoms with Gasteiger partial charge in [-0.3, -0.25) is 4.79 Å². The van der Waals surface area contributed by atoms with Crippen LogP contribution in [0.1, 0.15) is 17.1 Å². The molecule has 1 amide bonds. The number of aromatic nitrogens is 3. The summed E-state index contributed by atoms with van der Waals surface area (Å²) in [5.41, 5.74) is 3.14. The summed E-state index contributed by atoms with van der Waals surface area (Å²) in [5, 5.41) is 13.0. The van der Waals surface area contributed by atoms with E-state index < -0.39 is 0 Å². The van der Waals surface area contributed by atoms with Gasteiger partial charge < -0.3 is 5.32 Å². The molecule has 0 atom stereocenters. The van der Waals surface area contributed by atoms with Gasteiger partial charge in [-0.05, 0) is 6.92 Å². The number of nitrogens with one attached hydrogen (secondary N) is 1. The standard InChI is InChI=1S/C15H14N4O2S/c1-10-13(19-21-18-10)8-16-14(20)7-12-9-22-15(17-12)11-5-3-2-4-6-11/h2-6,9H,7-8H2,1H3,(H,16,20). The van der Waals surface area contributed by atoms with E-state index in [4.69, 9.17) is 0 Å². The fraction of sp³-hybridized carbons (Fsp3) is 0.200. The Kier molecular flexibility index (Phi) is 4.24. The molecule has 3 rings (SSSR count). The van der Waals surface area contributed by atoms with E-state index in [1.807, 2.05) is 35.7 Å². The molecule has 0 aliphatic heterocycles. The first-order valence-electron chi connectivity index (χ1n) is 6.77. The molecule has 0 unspecified atom stereocenters. The van der Waals surface area contributed by atoms with Crippen LogP contribution in [-0.2, 0) is 17.8 Å². The second-order valence-corrected chi connectivity index (χ2v) is 5.62. The van der Waals surface area contributed by atoms with Crippen molar-refractivity contribution in [2.45, 2.75) is 19.9 Å². The van der Waals surface area contributed by atoms with Crippen LogP contribution < -0.4 is 5.32 Å². The summed E-state index contributed by atoms with van der Waals surface area (Å²) in [4.78, 5) is 16.4. The highest BCUT2D eigenvalue weighted by molar-refractivity contribution is 7.13. The lowest BCUT2D eigenvalue weighted by Crippen LogP contribution is -2.25. The summed E-state index contributed by atoms with van der Waals surface area (Å²) in [6.07, 6.45) is 0.244. The average Bonchev–Trinajstić information content (AvgIpc) is 3.15. The van der Waals surface area contributed by atoms with Crippen LogP contribution in [0.3, 0.4) is 0 Å². The van der Waals surface area contributed by atoms with E-state index in [-0.39, 0.29) is 12.3 Å². The van der Waals surface area contributed by atoms with E-state index in [2.05, 4.69) is 25.2 Å². The topological polar surface area (TPSA) is 80.9 Å². The van der Waals surface area contributed by atoms with E-state index in [0.717, 1.165) is 16.3 Å². The predicted octanol–water partition coefficient (Wildman–Crippen LogP) is 2.36. The Balaban J connectivity index is 1.58. The van der Waals surface area contributed by atoms with Crippen molar-refractivity contribution in [3.63, 3.8) is 0 Å². The minimum absolute atomic E-state index is 0.104. The highest BCUT2D eigenvalue weighted by atomic mass is 32.1. The molecule has 0 fully saturated rings. The van der Waals surface area contributed by atoms with Crippen molar-refractivity contribution >= 4 is 17.2 Å². The maximum absolute atomic E-state index is 11.9. The van der Waals surface area contributed by atoms with Crippen LogP contribution in [0.5, 0.6) is 0 Å². The third-order valence-electron chi connectivity index (χ3n) is 3.11. The second-order valence-electron chi connectivity index (χ2n) is 4.76. The van der Waals surface area contributed by atoms with Crippen molar-refractivity contribution < 1.29 is 9.42 Å². The molecule has 1 N–H and O–H groups in total. The number of carbonyl (C=O) groups is 1. The van der Waals surface area contributed by atoms with Crippen molar-refractivity contribution in [2.75, 3.05) is 0 Å². The molecule has 0 radical (unpaired) electrons. The van der Waals surface area contributed by atoms with Gasteiger partial charge in [0.2, 0.25) is 5.91 Å². The molecular weight excluding hydrogens is 300 g/mol. The van der Waals surface area contributed by atoms with Crippen LogP contribution in [0.25, 0.3) is 10.6 Å². The quantitative estimate of drug-likeness (QED) is 0.782. The van der Waals surface area contributed by atoms with Gasteiger partial charge in [0.1, 0.15) is 16.4 Å². The molecular formula is C15H14N4O2S. The molecule has 0 bridgehead atoms. The summed E-state index contributed by atoms with van der Waals surface area (Å²) in [6, 6.07) is 9.91. The predicted molar refractivity (Wildman–Crippen MR) is 82.1 cm³/mol. The van der Waals surface area contributed by atoms with Gasteiger partial charge in [-0.1, -0.05) is 40.6 Å². The zero-order valence-corrected chi connectivity index (χ0v) is 12.8. The van der Waals surface area contributed by atoms with Crippen LogP contribution in [0, 0.1) is 6.92 Å². The SMILES string of the molecule is Cc1nonc1CNC(=O)Cc1csc(-c2ccccc2)n1. The fourth-order valence-electron chi connectivity index (χ4n) is 1.92. The lowest BCUT2D eigenvalue weighted by molar-refractivity contribution is -0.120. The van der Waals surface area contributed by atoms with E-state index in [1.54, 1.807) is 6.92 Å². The summed E-state index contributed by atoms with van der Waals surface area (Å²) < 4.78 is 4.59. The Labute approximate surface area is 131 Å². The summed E-state index contributed by atoms with van der Waals surface area (Å²) >= 11 is 1.53. The Morgan fingerprint density at radius 3 is 2.82 bits per heavy atom. The van der Waals surface area contributed by atoms with E-state index in [9.17, 15) is 4.79 Å². The van der Waals surface area contributed by atoms with Gasteiger partial charge in [0.25, 0.3) is 0 Å². The van der Waals surface area contributed by atoms with Gasteiger partial charge in [0.05, 0.1) is 18.7 Å². The molecule has 0 saturated carbocycles. The van der Waals surface area contributed by atoms with Crippen molar-refractivity contribution in [1.29, 1.82) is 0 Å². The number of aryl methyl sites for hydroxylation is 1. The van der Waals surface area contributed by atoms with Gasteiger partial charge >= 0.3 is 0 Å². The zero-order valence-electron chi connectivity index (χ0n) is 11.9. The monoisotopic (exact) mass is 314 g/mol.